The van der Waals surface area contributed by atoms with E-state index >= 15 is 0 Å². The molecule has 0 spiro atoms. The van der Waals surface area contributed by atoms with Crippen molar-refractivity contribution in [2.75, 3.05) is 7.11 Å². The molecule has 0 saturated heterocycles. The maximum absolute atomic E-state index is 11.6. The molecule has 2 nitrogen and oxygen atoms in total. The molecule has 0 N–H and O–H groups in total. The first kappa shape index (κ1) is 13.5. The molecule has 14 heavy (non-hydrogen) atoms. The van der Waals surface area contributed by atoms with Crippen LogP contribution in [0.3, 0.4) is 0 Å². The highest BCUT2D eigenvalue weighted by atomic mass is 16.5. The summed E-state index contributed by atoms with van der Waals surface area (Å²) in [5.74, 6) is -0.0422. The van der Waals surface area contributed by atoms with Gasteiger partial charge in [-0.25, -0.2) is 0 Å². The molecule has 0 fully saturated rings. The summed E-state index contributed by atoms with van der Waals surface area (Å²) < 4.78 is 4.87. The van der Waals surface area contributed by atoms with E-state index in [0.29, 0.717) is 0 Å². The zero-order chi connectivity index (χ0) is 11.0. The third-order valence-corrected chi connectivity index (χ3v) is 2.84. The van der Waals surface area contributed by atoms with Crippen molar-refractivity contribution in [3.05, 3.63) is 0 Å². The van der Waals surface area contributed by atoms with Gasteiger partial charge in [0.05, 0.1) is 12.5 Å². The number of rotatable bonds is 7. The van der Waals surface area contributed by atoms with Crippen LogP contribution in [0.15, 0.2) is 0 Å². The number of carbonyl (C=O) groups excluding carboxylic acids is 1. The lowest BCUT2D eigenvalue weighted by molar-refractivity contribution is -0.152. The summed E-state index contributed by atoms with van der Waals surface area (Å²) in [6, 6.07) is 0. The predicted molar refractivity (Wildman–Crippen MR) is 59.2 cm³/mol. The molecule has 0 aliphatic heterocycles. The van der Waals surface area contributed by atoms with Gasteiger partial charge in [0, 0.05) is 0 Å². The average molecular weight is 200 g/mol. The second kappa shape index (κ2) is 6.86. The zero-order valence-electron chi connectivity index (χ0n) is 10.1. The van der Waals surface area contributed by atoms with Gasteiger partial charge in [0.15, 0.2) is 0 Å². The van der Waals surface area contributed by atoms with Crippen molar-refractivity contribution in [3.63, 3.8) is 0 Å². The molecule has 0 aromatic heterocycles. The van der Waals surface area contributed by atoms with E-state index in [1.165, 1.54) is 7.11 Å². The van der Waals surface area contributed by atoms with E-state index in [-0.39, 0.29) is 11.4 Å². The summed E-state index contributed by atoms with van der Waals surface area (Å²) >= 11 is 0. The Kier molecular flexibility index (Phi) is 6.60. The Morgan fingerprint density at radius 1 is 1.14 bits per heavy atom. The molecular weight excluding hydrogens is 176 g/mol. The van der Waals surface area contributed by atoms with E-state index in [0.717, 1.165) is 38.5 Å². The Morgan fingerprint density at radius 2 is 1.57 bits per heavy atom. The van der Waals surface area contributed by atoms with Gasteiger partial charge in [0.1, 0.15) is 0 Å². The highest BCUT2D eigenvalue weighted by Crippen LogP contribution is 2.31. The van der Waals surface area contributed by atoms with E-state index in [1.54, 1.807) is 0 Å². The molecule has 2 heteroatoms. The molecule has 0 bridgehead atoms. The lowest BCUT2D eigenvalue weighted by Crippen LogP contribution is -2.29. The maximum atomic E-state index is 11.6. The molecule has 0 aromatic rings. The Morgan fingerprint density at radius 3 is 1.86 bits per heavy atom. The van der Waals surface area contributed by atoms with Crippen LogP contribution in [0.1, 0.15) is 59.3 Å². The topological polar surface area (TPSA) is 26.3 Å². The van der Waals surface area contributed by atoms with Crippen LogP contribution in [-0.2, 0) is 9.53 Å². The quantitative estimate of drug-likeness (QED) is 0.587. The normalized spacial score (nSPS) is 11.4. The number of methoxy groups -OCH3 is 1. The third kappa shape index (κ3) is 4.12. The molecule has 0 radical (unpaired) electrons. The molecule has 0 heterocycles. The number of esters is 1. The largest absolute Gasteiger partial charge is 0.469 e. The summed E-state index contributed by atoms with van der Waals surface area (Å²) in [7, 11) is 1.48. The first-order valence-corrected chi connectivity index (χ1v) is 5.69. The highest BCUT2D eigenvalue weighted by Gasteiger charge is 2.32. The number of hydrogen-bond donors (Lipinski definition) is 0. The van der Waals surface area contributed by atoms with Crippen molar-refractivity contribution >= 4 is 5.97 Å². The summed E-state index contributed by atoms with van der Waals surface area (Å²) in [5.41, 5.74) is -0.249. The molecule has 0 unspecified atom stereocenters. The predicted octanol–water partition coefficient (Wildman–Crippen LogP) is 3.55. The van der Waals surface area contributed by atoms with Crippen molar-refractivity contribution < 1.29 is 9.53 Å². The first-order chi connectivity index (χ1) is 6.60. The van der Waals surface area contributed by atoms with Crippen LogP contribution in [-0.4, -0.2) is 13.1 Å². The Balaban J connectivity index is 4.24. The molecule has 0 rings (SSSR count). The average Bonchev–Trinajstić information content (AvgIpc) is 2.22. The van der Waals surface area contributed by atoms with Gasteiger partial charge < -0.3 is 4.74 Å². The van der Waals surface area contributed by atoms with E-state index in [1.807, 2.05) is 6.92 Å². The minimum Gasteiger partial charge on any atom is -0.469 e. The van der Waals surface area contributed by atoms with Crippen LogP contribution in [0.2, 0.25) is 0 Å². The second-order valence-corrected chi connectivity index (χ2v) is 4.26. The Hall–Kier alpha value is -0.530. The lowest BCUT2D eigenvalue weighted by Gasteiger charge is -2.26. The first-order valence-electron chi connectivity index (χ1n) is 5.69. The van der Waals surface area contributed by atoms with Gasteiger partial charge >= 0.3 is 5.97 Å². The summed E-state index contributed by atoms with van der Waals surface area (Å²) in [4.78, 5) is 11.6. The molecular formula is C12H24O2. The fourth-order valence-corrected chi connectivity index (χ4v) is 1.71. The minimum absolute atomic E-state index is 0.0422. The smallest absolute Gasteiger partial charge is 0.311 e. The van der Waals surface area contributed by atoms with Crippen molar-refractivity contribution in [1.82, 2.24) is 0 Å². The third-order valence-electron chi connectivity index (χ3n) is 2.84. The van der Waals surface area contributed by atoms with Gasteiger partial charge in [0.2, 0.25) is 0 Å². The van der Waals surface area contributed by atoms with Crippen molar-refractivity contribution in [2.45, 2.75) is 59.3 Å². The van der Waals surface area contributed by atoms with E-state index < -0.39 is 0 Å². The van der Waals surface area contributed by atoms with Crippen molar-refractivity contribution in [1.29, 1.82) is 0 Å². The lowest BCUT2D eigenvalue weighted by atomic mass is 9.80. The van der Waals surface area contributed by atoms with E-state index in [2.05, 4.69) is 13.8 Å². The Labute approximate surface area is 88.0 Å². The van der Waals surface area contributed by atoms with E-state index in [4.69, 9.17) is 4.74 Å². The fourth-order valence-electron chi connectivity index (χ4n) is 1.71. The van der Waals surface area contributed by atoms with Crippen LogP contribution < -0.4 is 0 Å². The molecule has 0 aliphatic rings. The van der Waals surface area contributed by atoms with Gasteiger partial charge in [-0.15, -0.1) is 0 Å². The van der Waals surface area contributed by atoms with Crippen LogP contribution in [0.25, 0.3) is 0 Å². The van der Waals surface area contributed by atoms with Gasteiger partial charge in [-0.05, 0) is 19.8 Å². The highest BCUT2D eigenvalue weighted by molar-refractivity contribution is 5.76. The fraction of sp³-hybridized carbons (Fsp3) is 0.917. The van der Waals surface area contributed by atoms with Gasteiger partial charge in [-0.2, -0.15) is 0 Å². The van der Waals surface area contributed by atoms with Crippen LogP contribution in [0.4, 0.5) is 0 Å². The van der Waals surface area contributed by atoms with Gasteiger partial charge in [-0.1, -0.05) is 39.5 Å². The van der Waals surface area contributed by atoms with Crippen molar-refractivity contribution in [3.8, 4) is 0 Å². The maximum Gasteiger partial charge on any atom is 0.311 e. The minimum atomic E-state index is -0.249. The summed E-state index contributed by atoms with van der Waals surface area (Å²) in [5, 5.41) is 0. The molecule has 84 valence electrons. The molecule has 0 aromatic carbocycles. The number of ether oxygens (including phenoxy) is 1. The second-order valence-electron chi connectivity index (χ2n) is 4.26. The van der Waals surface area contributed by atoms with Gasteiger partial charge in [-0.3, -0.25) is 4.79 Å². The molecule has 0 aliphatic carbocycles. The van der Waals surface area contributed by atoms with Crippen molar-refractivity contribution in [2.24, 2.45) is 5.41 Å². The SMILES string of the molecule is CCCCC(C)(CCCC)C(=O)OC. The molecule has 0 atom stereocenters. The van der Waals surface area contributed by atoms with Crippen LogP contribution in [0.5, 0.6) is 0 Å². The summed E-state index contributed by atoms with van der Waals surface area (Å²) in [6.07, 6.45) is 6.40. The zero-order valence-corrected chi connectivity index (χ0v) is 10.1. The summed E-state index contributed by atoms with van der Waals surface area (Å²) in [6.45, 7) is 6.33. The number of carbonyl (C=O) groups is 1. The van der Waals surface area contributed by atoms with E-state index in [9.17, 15) is 4.79 Å². The standard InChI is InChI=1S/C12H24O2/c1-5-7-9-12(3,10-8-6-2)11(13)14-4/h5-10H2,1-4H3. The molecule has 0 saturated carbocycles. The Bertz CT molecular complexity index is 156. The van der Waals surface area contributed by atoms with Crippen LogP contribution in [0, 0.1) is 5.41 Å². The number of unbranched alkanes of at least 4 members (excludes halogenated alkanes) is 2. The van der Waals surface area contributed by atoms with Crippen LogP contribution >= 0.6 is 0 Å². The monoisotopic (exact) mass is 200 g/mol. The van der Waals surface area contributed by atoms with Gasteiger partial charge in [0.25, 0.3) is 0 Å². The number of hydrogen-bond acceptors (Lipinski definition) is 2. The molecule has 0 amide bonds.